The molecule has 1 aromatic carbocycles. The molecule has 1 rings (SSSR count). The lowest BCUT2D eigenvalue weighted by Crippen LogP contribution is -2.02. The van der Waals surface area contributed by atoms with Crippen molar-refractivity contribution in [3.05, 3.63) is 34.9 Å². The molecule has 1 nitrogen and oxygen atoms in total. The Balaban J connectivity index is 2.68. The normalized spacial score (nSPS) is 10.5. The summed E-state index contributed by atoms with van der Waals surface area (Å²) in [6.45, 7) is 3.44. The van der Waals surface area contributed by atoms with Gasteiger partial charge in [0.15, 0.2) is 11.6 Å². The Morgan fingerprint density at radius 1 is 1.19 bits per heavy atom. The molecule has 0 spiro atoms. The highest BCUT2D eigenvalue weighted by Crippen LogP contribution is 2.17. The minimum absolute atomic E-state index is 0.0999. The van der Waals surface area contributed by atoms with Crippen LogP contribution in [0.1, 0.15) is 37.3 Å². The van der Waals surface area contributed by atoms with Crippen molar-refractivity contribution in [3.63, 3.8) is 0 Å². The molecule has 1 aromatic rings. The zero-order valence-corrected chi connectivity index (χ0v) is 9.65. The number of hydrogen-bond donors (Lipinski definition) is 0. The van der Waals surface area contributed by atoms with Crippen LogP contribution in [0.5, 0.6) is 0 Å². The van der Waals surface area contributed by atoms with E-state index in [4.69, 9.17) is 0 Å². The van der Waals surface area contributed by atoms with E-state index in [0.717, 1.165) is 6.42 Å². The first-order chi connectivity index (χ1) is 7.56. The van der Waals surface area contributed by atoms with Crippen molar-refractivity contribution in [1.29, 1.82) is 0 Å². The van der Waals surface area contributed by atoms with Gasteiger partial charge in [-0.05, 0) is 30.9 Å². The molecule has 0 amide bonds. The highest BCUT2D eigenvalue weighted by atomic mass is 19.2. The smallest absolute Gasteiger partial charge is 0.162 e. The van der Waals surface area contributed by atoms with Crippen LogP contribution in [0.15, 0.2) is 12.1 Å². The van der Waals surface area contributed by atoms with Crippen molar-refractivity contribution in [3.8, 4) is 0 Å². The average molecular weight is 226 g/mol. The second-order valence-electron chi connectivity index (χ2n) is 3.96. The predicted octanol–water partition coefficient (Wildman–Crippen LogP) is 3.58. The van der Waals surface area contributed by atoms with E-state index in [2.05, 4.69) is 0 Å². The van der Waals surface area contributed by atoms with Crippen LogP contribution < -0.4 is 0 Å². The number of carbonyl (C=O) groups excluding carboxylic acids is 1. The number of benzene rings is 1. The van der Waals surface area contributed by atoms with Crippen LogP contribution in [-0.4, -0.2) is 5.78 Å². The Kier molecular flexibility index (Phi) is 4.59. The molecule has 0 bridgehead atoms. The molecule has 88 valence electrons. The van der Waals surface area contributed by atoms with Gasteiger partial charge in [0, 0.05) is 12.8 Å². The second-order valence-corrected chi connectivity index (χ2v) is 3.96. The number of rotatable bonds is 5. The maximum atomic E-state index is 13.4. The Hall–Kier alpha value is -1.25. The molecule has 0 heterocycles. The highest BCUT2D eigenvalue weighted by Gasteiger charge is 2.11. The lowest BCUT2D eigenvalue weighted by Gasteiger charge is -2.05. The van der Waals surface area contributed by atoms with Gasteiger partial charge < -0.3 is 0 Å². The Morgan fingerprint density at radius 2 is 1.88 bits per heavy atom. The van der Waals surface area contributed by atoms with E-state index in [-0.39, 0.29) is 24.2 Å². The van der Waals surface area contributed by atoms with Crippen LogP contribution in [-0.2, 0) is 11.2 Å². The summed E-state index contributed by atoms with van der Waals surface area (Å²) >= 11 is 0. The summed E-state index contributed by atoms with van der Waals surface area (Å²) in [7, 11) is 0. The van der Waals surface area contributed by atoms with Crippen LogP contribution in [0.2, 0.25) is 0 Å². The Bertz CT molecular complexity index is 386. The molecule has 16 heavy (non-hydrogen) atoms. The molecule has 0 saturated carbocycles. The fourth-order valence-corrected chi connectivity index (χ4v) is 1.56. The van der Waals surface area contributed by atoms with E-state index in [1.807, 2.05) is 6.92 Å². The molecule has 0 aliphatic rings. The van der Waals surface area contributed by atoms with E-state index in [1.165, 1.54) is 13.0 Å². The third-order valence-corrected chi connectivity index (χ3v) is 2.56. The van der Waals surface area contributed by atoms with Crippen LogP contribution >= 0.6 is 0 Å². The molecule has 0 radical (unpaired) electrons. The van der Waals surface area contributed by atoms with Gasteiger partial charge in [0.1, 0.15) is 5.78 Å². The van der Waals surface area contributed by atoms with Crippen molar-refractivity contribution in [2.75, 3.05) is 0 Å². The number of hydrogen-bond acceptors (Lipinski definition) is 1. The van der Waals surface area contributed by atoms with Gasteiger partial charge in [0.05, 0.1) is 0 Å². The molecule has 0 aromatic heterocycles. The van der Waals surface area contributed by atoms with Crippen molar-refractivity contribution in [2.24, 2.45) is 0 Å². The van der Waals surface area contributed by atoms with E-state index in [9.17, 15) is 13.6 Å². The van der Waals surface area contributed by atoms with E-state index in [0.29, 0.717) is 12.0 Å². The maximum Gasteiger partial charge on any atom is 0.162 e. The van der Waals surface area contributed by atoms with Crippen LogP contribution in [0.25, 0.3) is 0 Å². The molecule has 0 atom stereocenters. The second kappa shape index (κ2) is 5.73. The van der Waals surface area contributed by atoms with Crippen LogP contribution in [0.4, 0.5) is 8.78 Å². The minimum Gasteiger partial charge on any atom is -0.300 e. The van der Waals surface area contributed by atoms with Crippen molar-refractivity contribution in [2.45, 2.75) is 39.5 Å². The Labute approximate surface area is 94.5 Å². The standard InChI is InChI=1S/C13H16F2O/c1-3-4-11(16)8-7-10-6-5-9(2)12(14)13(10)15/h5-6H,3-4,7-8H2,1-2H3. The van der Waals surface area contributed by atoms with E-state index in [1.54, 1.807) is 6.07 Å². The van der Waals surface area contributed by atoms with Gasteiger partial charge >= 0.3 is 0 Å². The van der Waals surface area contributed by atoms with E-state index >= 15 is 0 Å². The molecular formula is C13H16F2O. The maximum absolute atomic E-state index is 13.4. The number of carbonyl (C=O) groups is 1. The molecule has 0 fully saturated rings. The molecule has 3 heteroatoms. The van der Waals surface area contributed by atoms with Crippen LogP contribution in [0, 0.1) is 18.6 Å². The van der Waals surface area contributed by atoms with Gasteiger partial charge in [-0.15, -0.1) is 0 Å². The summed E-state index contributed by atoms with van der Waals surface area (Å²) in [6.07, 6.45) is 1.87. The fraction of sp³-hybridized carbons (Fsp3) is 0.462. The predicted molar refractivity (Wildman–Crippen MR) is 59.3 cm³/mol. The molecule has 0 aliphatic heterocycles. The van der Waals surface area contributed by atoms with Crippen molar-refractivity contribution in [1.82, 2.24) is 0 Å². The van der Waals surface area contributed by atoms with Crippen molar-refractivity contribution >= 4 is 5.78 Å². The quantitative estimate of drug-likeness (QED) is 0.750. The first-order valence-electron chi connectivity index (χ1n) is 5.51. The van der Waals surface area contributed by atoms with Gasteiger partial charge in [0.25, 0.3) is 0 Å². The molecule has 0 unspecified atom stereocenters. The van der Waals surface area contributed by atoms with E-state index < -0.39 is 11.6 Å². The minimum atomic E-state index is -0.815. The largest absolute Gasteiger partial charge is 0.300 e. The lowest BCUT2D eigenvalue weighted by atomic mass is 10.0. The zero-order chi connectivity index (χ0) is 12.1. The fourth-order valence-electron chi connectivity index (χ4n) is 1.56. The van der Waals surface area contributed by atoms with Crippen molar-refractivity contribution < 1.29 is 13.6 Å². The van der Waals surface area contributed by atoms with Gasteiger partial charge in [-0.2, -0.15) is 0 Å². The monoisotopic (exact) mass is 226 g/mol. The average Bonchev–Trinajstić information content (AvgIpc) is 2.25. The SMILES string of the molecule is CCCC(=O)CCc1ccc(C)c(F)c1F. The summed E-state index contributed by atoms with van der Waals surface area (Å²) in [6, 6.07) is 3.09. The summed E-state index contributed by atoms with van der Waals surface area (Å²) in [5.41, 5.74) is 0.577. The molecule has 0 saturated heterocycles. The number of aryl methyl sites for hydroxylation is 2. The molecule has 0 aliphatic carbocycles. The van der Waals surface area contributed by atoms with Gasteiger partial charge in [0.2, 0.25) is 0 Å². The summed E-state index contributed by atoms with van der Waals surface area (Å²) in [4.78, 5) is 11.3. The molecule has 0 N–H and O–H groups in total. The third kappa shape index (κ3) is 3.12. The number of ketones is 1. The Morgan fingerprint density at radius 3 is 2.50 bits per heavy atom. The third-order valence-electron chi connectivity index (χ3n) is 2.56. The number of halogens is 2. The first-order valence-corrected chi connectivity index (χ1v) is 5.51. The van der Waals surface area contributed by atoms with Gasteiger partial charge in [-0.25, -0.2) is 8.78 Å². The topological polar surface area (TPSA) is 17.1 Å². The number of Topliss-reactive ketones (excluding diaryl/α,β-unsaturated/α-hetero) is 1. The zero-order valence-electron chi connectivity index (χ0n) is 9.65. The molecular weight excluding hydrogens is 210 g/mol. The van der Waals surface area contributed by atoms with Gasteiger partial charge in [-0.1, -0.05) is 19.1 Å². The summed E-state index contributed by atoms with van der Waals surface area (Å²) in [5.74, 6) is -1.52. The first kappa shape index (κ1) is 12.8. The summed E-state index contributed by atoms with van der Waals surface area (Å²) < 4.78 is 26.6. The van der Waals surface area contributed by atoms with Crippen LogP contribution in [0.3, 0.4) is 0 Å². The highest BCUT2D eigenvalue weighted by molar-refractivity contribution is 5.78. The lowest BCUT2D eigenvalue weighted by molar-refractivity contribution is -0.119. The van der Waals surface area contributed by atoms with Gasteiger partial charge in [-0.3, -0.25) is 4.79 Å². The summed E-state index contributed by atoms with van der Waals surface area (Å²) in [5, 5.41) is 0.